The van der Waals surface area contributed by atoms with Gasteiger partial charge >= 0.3 is 6.03 Å². The van der Waals surface area contributed by atoms with Gasteiger partial charge in [-0.25, -0.2) is 9.78 Å². The van der Waals surface area contributed by atoms with Crippen LogP contribution in [0.4, 0.5) is 16.2 Å². The van der Waals surface area contributed by atoms with Crippen molar-refractivity contribution < 1.29 is 19.0 Å². The van der Waals surface area contributed by atoms with Gasteiger partial charge in [-0.3, -0.25) is 14.8 Å². The van der Waals surface area contributed by atoms with E-state index in [4.69, 9.17) is 24.2 Å². The fourth-order valence-electron chi connectivity index (χ4n) is 5.09. The third-order valence-electron chi connectivity index (χ3n) is 7.02. The third kappa shape index (κ3) is 4.35. The summed E-state index contributed by atoms with van der Waals surface area (Å²) in [5.41, 5.74) is 4.40. The van der Waals surface area contributed by atoms with Crippen LogP contribution in [0.5, 0.6) is 11.5 Å². The molecule has 3 aliphatic rings. The SMILES string of the molecule is COc1cc(CN2C(=O)N3CC(c4ccccc4)N=C3c3ncc(N4CCOCC4)cc32)cc(OC)c1. The number of amidine groups is 1. The summed E-state index contributed by atoms with van der Waals surface area (Å²) in [4.78, 5) is 29.6. The summed E-state index contributed by atoms with van der Waals surface area (Å²) in [5, 5.41) is 0. The van der Waals surface area contributed by atoms with Crippen LogP contribution in [-0.4, -0.2) is 68.8 Å². The number of hydrogen-bond acceptors (Lipinski definition) is 7. The first kappa shape index (κ1) is 23.3. The molecule has 3 aliphatic heterocycles. The van der Waals surface area contributed by atoms with Crippen molar-refractivity contribution in [2.75, 3.05) is 56.9 Å². The monoisotopic (exact) mass is 499 g/mol. The highest BCUT2D eigenvalue weighted by molar-refractivity contribution is 6.19. The van der Waals surface area contributed by atoms with Gasteiger partial charge in [-0.05, 0) is 29.3 Å². The van der Waals surface area contributed by atoms with E-state index >= 15 is 0 Å². The van der Waals surface area contributed by atoms with Crippen LogP contribution < -0.4 is 19.3 Å². The van der Waals surface area contributed by atoms with Crippen molar-refractivity contribution in [2.45, 2.75) is 12.6 Å². The van der Waals surface area contributed by atoms with Crippen molar-refractivity contribution in [1.82, 2.24) is 9.88 Å². The Morgan fingerprint density at radius 2 is 1.73 bits per heavy atom. The van der Waals surface area contributed by atoms with Crippen LogP contribution in [0.15, 0.2) is 65.8 Å². The van der Waals surface area contributed by atoms with Crippen molar-refractivity contribution in [2.24, 2.45) is 4.99 Å². The molecule has 190 valence electrons. The predicted octanol–water partition coefficient (Wildman–Crippen LogP) is 3.88. The minimum absolute atomic E-state index is 0.118. The Labute approximate surface area is 215 Å². The Balaban J connectivity index is 1.42. The zero-order valence-corrected chi connectivity index (χ0v) is 21.0. The van der Waals surface area contributed by atoms with Gasteiger partial charge in [0, 0.05) is 19.2 Å². The quantitative estimate of drug-likeness (QED) is 0.512. The molecule has 1 fully saturated rings. The first-order chi connectivity index (χ1) is 18.1. The molecule has 0 spiro atoms. The number of rotatable bonds is 6. The van der Waals surface area contributed by atoms with Gasteiger partial charge in [0.15, 0.2) is 5.84 Å². The van der Waals surface area contributed by atoms with E-state index in [0.717, 1.165) is 35.6 Å². The lowest BCUT2D eigenvalue weighted by Gasteiger charge is -2.36. The van der Waals surface area contributed by atoms with Gasteiger partial charge in [-0.15, -0.1) is 0 Å². The maximum Gasteiger partial charge on any atom is 0.330 e. The van der Waals surface area contributed by atoms with Crippen LogP contribution in [0.3, 0.4) is 0 Å². The number of urea groups is 1. The third-order valence-corrected chi connectivity index (χ3v) is 7.02. The minimum atomic E-state index is -0.134. The predicted molar refractivity (Wildman–Crippen MR) is 141 cm³/mol. The second-order valence-electron chi connectivity index (χ2n) is 9.24. The van der Waals surface area contributed by atoms with Gasteiger partial charge in [0.25, 0.3) is 0 Å². The summed E-state index contributed by atoms with van der Waals surface area (Å²) in [6.45, 7) is 3.72. The number of aromatic nitrogens is 1. The zero-order valence-electron chi connectivity index (χ0n) is 21.0. The molecular formula is C28H29N5O4. The number of nitrogens with zero attached hydrogens (tertiary/aromatic N) is 5. The summed E-state index contributed by atoms with van der Waals surface area (Å²) in [7, 11) is 3.24. The van der Waals surface area contributed by atoms with Crippen LogP contribution in [0.1, 0.15) is 22.9 Å². The van der Waals surface area contributed by atoms with Gasteiger partial charge in [-0.2, -0.15) is 0 Å². The van der Waals surface area contributed by atoms with Gasteiger partial charge in [0.05, 0.1) is 64.1 Å². The highest BCUT2D eigenvalue weighted by Gasteiger charge is 2.42. The minimum Gasteiger partial charge on any atom is -0.497 e. The molecule has 0 saturated carbocycles. The van der Waals surface area contributed by atoms with Crippen LogP contribution in [0.25, 0.3) is 0 Å². The number of pyridine rings is 1. The highest BCUT2D eigenvalue weighted by Crippen LogP contribution is 2.38. The largest absolute Gasteiger partial charge is 0.497 e. The van der Waals surface area contributed by atoms with Gasteiger partial charge in [0.2, 0.25) is 0 Å². The first-order valence-electron chi connectivity index (χ1n) is 12.4. The average Bonchev–Trinajstić information content (AvgIpc) is 3.42. The number of hydrogen-bond donors (Lipinski definition) is 0. The van der Waals surface area contributed by atoms with E-state index in [1.165, 1.54) is 0 Å². The van der Waals surface area contributed by atoms with Crippen LogP contribution >= 0.6 is 0 Å². The molecule has 1 atom stereocenters. The molecule has 2 amide bonds. The fourth-order valence-corrected chi connectivity index (χ4v) is 5.09. The number of benzene rings is 2. The summed E-state index contributed by atoms with van der Waals surface area (Å²) < 4.78 is 16.5. The Morgan fingerprint density at radius 1 is 1.00 bits per heavy atom. The Kier molecular flexibility index (Phi) is 6.13. The molecule has 9 nitrogen and oxygen atoms in total. The van der Waals surface area contributed by atoms with E-state index in [-0.39, 0.29) is 12.1 Å². The molecule has 37 heavy (non-hydrogen) atoms. The molecule has 0 radical (unpaired) electrons. The number of ether oxygens (including phenoxy) is 3. The number of morpholine rings is 1. The Hall–Kier alpha value is -4.11. The zero-order chi connectivity index (χ0) is 25.4. The summed E-state index contributed by atoms with van der Waals surface area (Å²) >= 11 is 0. The summed E-state index contributed by atoms with van der Waals surface area (Å²) in [6.07, 6.45) is 1.88. The normalized spacial score (nSPS) is 18.9. The smallest absolute Gasteiger partial charge is 0.330 e. The van der Waals surface area contributed by atoms with E-state index in [1.54, 1.807) is 24.0 Å². The van der Waals surface area contributed by atoms with Gasteiger partial charge in [-0.1, -0.05) is 30.3 Å². The summed E-state index contributed by atoms with van der Waals surface area (Å²) in [6, 6.07) is 17.6. The number of aliphatic imine (C=N–C) groups is 1. The molecule has 1 saturated heterocycles. The molecule has 1 unspecified atom stereocenters. The van der Waals surface area contributed by atoms with Crippen molar-refractivity contribution in [3.05, 3.63) is 77.6 Å². The van der Waals surface area contributed by atoms with Gasteiger partial charge < -0.3 is 19.1 Å². The highest BCUT2D eigenvalue weighted by atomic mass is 16.5. The number of methoxy groups -OCH3 is 2. The van der Waals surface area contributed by atoms with Crippen molar-refractivity contribution >= 4 is 23.2 Å². The molecule has 6 rings (SSSR count). The molecule has 4 heterocycles. The molecule has 1 aromatic heterocycles. The van der Waals surface area contributed by atoms with E-state index in [9.17, 15) is 4.79 Å². The van der Waals surface area contributed by atoms with Crippen molar-refractivity contribution in [3.8, 4) is 11.5 Å². The molecule has 9 heteroatoms. The lowest BCUT2D eigenvalue weighted by molar-refractivity contribution is 0.122. The lowest BCUT2D eigenvalue weighted by Crippen LogP contribution is -2.50. The molecule has 0 bridgehead atoms. The number of amides is 2. The molecular weight excluding hydrogens is 470 g/mol. The summed E-state index contributed by atoms with van der Waals surface area (Å²) in [5.74, 6) is 1.97. The van der Waals surface area contributed by atoms with Crippen LogP contribution in [0, 0.1) is 0 Å². The molecule has 0 N–H and O–H groups in total. The fraction of sp³-hybridized carbons (Fsp3) is 0.321. The first-order valence-corrected chi connectivity index (χ1v) is 12.4. The molecule has 3 aromatic rings. The number of anilines is 2. The Morgan fingerprint density at radius 3 is 2.43 bits per heavy atom. The molecule has 2 aromatic carbocycles. The Bertz CT molecular complexity index is 1320. The van der Waals surface area contributed by atoms with E-state index in [1.807, 2.05) is 54.7 Å². The second-order valence-corrected chi connectivity index (χ2v) is 9.24. The average molecular weight is 500 g/mol. The van der Waals surface area contributed by atoms with E-state index in [2.05, 4.69) is 11.0 Å². The second kappa shape index (κ2) is 9.74. The number of fused-ring (bicyclic) bond motifs is 3. The van der Waals surface area contributed by atoms with E-state index < -0.39 is 0 Å². The van der Waals surface area contributed by atoms with Crippen molar-refractivity contribution in [3.63, 3.8) is 0 Å². The van der Waals surface area contributed by atoms with Gasteiger partial charge in [0.1, 0.15) is 17.2 Å². The number of carbonyl (C=O) groups is 1. The lowest BCUT2D eigenvalue weighted by atomic mass is 10.1. The topological polar surface area (TPSA) is 79.7 Å². The van der Waals surface area contributed by atoms with Crippen LogP contribution in [-0.2, 0) is 11.3 Å². The molecule has 0 aliphatic carbocycles. The maximum absolute atomic E-state index is 14.0. The maximum atomic E-state index is 14.0. The van der Waals surface area contributed by atoms with E-state index in [0.29, 0.717) is 49.3 Å². The number of carbonyl (C=O) groups excluding carboxylic acids is 1. The van der Waals surface area contributed by atoms with Crippen LogP contribution in [0.2, 0.25) is 0 Å². The van der Waals surface area contributed by atoms with Crippen molar-refractivity contribution in [1.29, 1.82) is 0 Å². The standard InChI is InChI=1S/C28H29N5O4/c1-35-22-12-19(13-23(15-22)36-2)17-32-25-14-21(31-8-10-37-11-9-31)16-29-26(25)27-30-24(18-33(27)28(32)34)20-6-4-3-5-7-20/h3-7,12-16,24H,8-11,17-18H2,1-2H3.